The van der Waals surface area contributed by atoms with E-state index in [9.17, 15) is 9.59 Å². The maximum absolute atomic E-state index is 12.1. The number of carbonyl (C=O) groups is 2. The second-order valence-corrected chi connectivity index (χ2v) is 6.20. The Labute approximate surface area is 132 Å². The van der Waals surface area contributed by atoms with Crippen molar-refractivity contribution in [3.63, 3.8) is 0 Å². The molecule has 0 saturated carbocycles. The van der Waals surface area contributed by atoms with Crippen molar-refractivity contribution in [2.45, 2.75) is 30.9 Å². The van der Waals surface area contributed by atoms with Crippen LogP contribution in [0.1, 0.15) is 19.5 Å². The van der Waals surface area contributed by atoms with E-state index in [-0.39, 0.29) is 17.1 Å². The second-order valence-electron chi connectivity index (χ2n) is 4.79. The third-order valence-electron chi connectivity index (χ3n) is 2.73. The fourth-order valence-electron chi connectivity index (χ4n) is 1.72. The molecule has 2 N–H and O–H groups in total. The van der Waals surface area contributed by atoms with Crippen molar-refractivity contribution < 1.29 is 14.1 Å². The van der Waals surface area contributed by atoms with Crippen LogP contribution in [0.25, 0.3) is 0 Å². The summed E-state index contributed by atoms with van der Waals surface area (Å²) in [5.74, 6) is 0.0681. The smallest absolute Gasteiger partial charge is 0.239 e. The lowest BCUT2D eigenvalue weighted by Gasteiger charge is -2.10. The predicted molar refractivity (Wildman–Crippen MR) is 85.9 cm³/mol. The molecular weight excluding hydrogens is 302 g/mol. The summed E-state index contributed by atoms with van der Waals surface area (Å²) in [6, 6.07) is 8.98. The first kappa shape index (κ1) is 16.1. The lowest BCUT2D eigenvalue weighted by atomic mass is 10.3. The summed E-state index contributed by atoms with van der Waals surface area (Å²) < 4.78 is 4.96. The third-order valence-corrected chi connectivity index (χ3v) is 3.84. The average Bonchev–Trinajstić information content (AvgIpc) is 2.85. The number of hydrogen-bond donors (Lipinski definition) is 2. The molecule has 0 radical (unpaired) electrons. The van der Waals surface area contributed by atoms with Gasteiger partial charge in [-0.3, -0.25) is 14.9 Å². The van der Waals surface area contributed by atoms with Gasteiger partial charge in [0.1, 0.15) is 0 Å². The van der Waals surface area contributed by atoms with Gasteiger partial charge in [0.25, 0.3) is 0 Å². The molecule has 1 atom stereocenters. The number of thioether (sulfide) groups is 1. The molecular formula is C15H17N3O3S. The van der Waals surface area contributed by atoms with Crippen LogP contribution in [0.2, 0.25) is 0 Å². The Morgan fingerprint density at radius 3 is 2.45 bits per heavy atom. The number of nitrogens with one attached hydrogen (secondary N) is 2. The standard InChI is InChI=1S/C15H17N3O3S/c1-9-8-14(21-18-9)17-15(20)10(2)22-13-6-4-12(5-7-13)16-11(3)19/h4-8,10H,1-3H3,(H,16,19)(H,17,20). The molecule has 0 bridgehead atoms. The van der Waals surface area contributed by atoms with Gasteiger partial charge in [-0.1, -0.05) is 5.16 Å². The lowest BCUT2D eigenvalue weighted by Crippen LogP contribution is -2.22. The van der Waals surface area contributed by atoms with Crippen molar-refractivity contribution in [1.29, 1.82) is 0 Å². The van der Waals surface area contributed by atoms with Gasteiger partial charge < -0.3 is 9.84 Å². The van der Waals surface area contributed by atoms with Crippen molar-refractivity contribution in [3.8, 4) is 0 Å². The topological polar surface area (TPSA) is 84.2 Å². The molecule has 6 nitrogen and oxygen atoms in total. The molecule has 22 heavy (non-hydrogen) atoms. The molecule has 1 heterocycles. The van der Waals surface area contributed by atoms with E-state index in [1.165, 1.54) is 18.7 Å². The number of amides is 2. The monoisotopic (exact) mass is 319 g/mol. The van der Waals surface area contributed by atoms with Crippen molar-refractivity contribution >= 4 is 35.1 Å². The Balaban J connectivity index is 1.91. The Morgan fingerprint density at radius 1 is 1.23 bits per heavy atom. The number of nitrogens with zero attached hydrogens (tertiary/aromatic N) is 1. The quantitative estimate of drug-likeness (QED) is 0.827. The second kappa shape index (κ2) is 7.13. The molecule has 0 spiro atoms. The van der Waals surface area contributed by atoms with Gasteiger partial charge in [0.2, 0.25) is 17.7 Å². The minimum atomic E-state index is -0.294. The maximum atomic E-state index is 12.1. The van der Waals surface area contributed by atoms with Crippen LogP contribution < -0.4 is 10.6 Å². The first-order valence-corrected chi connectivity index (χ1v) is 7.60. The lowest BCUT2D eigenvalue weighted by molar-refractivity contribution is -0.116. The van der Waals surface area contributed by atoms with E-state index in [4.69, 9.17) is 4.52 Å². The summed E-state index contributed by atoms with van der Waals surface area (Å²) in [6.07, 6.45) is 0. The van der Waals surface area contributed by atoms with E-state index in [0.29, 0.717) is 11.6 Å². The summed E-state index contributed by atoms with van der Waals surface area (Å²) in [5.41, 5.74) is 1.44. The molecule has 0 aliphatic carbocycles. The van der Waals surface area contributed by atoms with E-state index in [0.717, 1.165) is 10.6 Å². The predicted octanol–water partition coefficient (Wildman–Crippen LogP) is 3.06. The molecule has 7 heteroatoms. The fraction of sp³-hybridized carbons (Fsp3) is 0.267. The van der Waals surface area contributed by atoms with Crippen LogP contribution in [0.15, 0.2) is 39.8 Å². The summed E-state index contributed by atoms with van der Waals surface area (Å²) in [5, 5.41) is 8.79. The normalized spacial score (nSPS) is 11.8. The van der Waals surface area contributed by atoms with Crippen LogP contribution in [0.3, 0.4) is 0 Å². The van der Waals surface area contributed by atoms with Crippen LogP contribution in [0, 0.1) is 6.92 Å². The zero-order valence-corrected chi connectivity index (χ0v) is 13.4. The fourth-order valence-corrected chi connectivity index (χ4v) is 2.59. The zero-order chi connectivity index (χ0) is 16.1. The Morgan fingerprint density at radius 2 is 1.91 bits per heavy atom. The van der Waals surface area contributed by atoms with Crippen LogP contribution in [0.4, 0.5) is 11.6 Å². The minimum absolute atomic E-state index is 0.115. The highest BCUT2D eigenvalue weighted by molar-refractivity contribution is 8.00. The first-order valence-electron chi connectivity index (χ1n) is 6.72. The first-order chi connectivity index (χ1) is 10.4. The summed E-state index contributed by atoms with van der Waals surface area (Å²) in [4.78, 5) is 24.0. The van der Waals surface area contributed by atoms with Gasteiger partial charge in [-0.25, -0.2) is 0 Å². The van der Waals surface area contributed by atoms with Gasteiger partial charge in [0.05, 0.1) is 10.9 Å². The Kier molecular flexibility index (Phi) is 5.21. The van der Waals surface area contributed by atoms with Gasteiger partial charge in [0.15, 0.2) is 0 Å². The minimum Gasteiger partial charge on any atom is -0.338 e. The maximum Gasteiger partial charge on any atom is 0.239 e. The number of benzene rings is 1. The van der Waals surface area contributed by atoms with E-state index >= 15 is 0 Å². The SMILES string of the molecule is CC(=O)Nc1ccc(SC(C)C(=O)Nc2cc(C)no2)cc1. The van der Waals surface area contributed by atoms with Crippen molar-refractivity contribution in [3.05, 3.63) is 36.0 Å². The number of anilines is 2. The van der Waals surface area contributed by atoms with Crippen molar-refractivity contribution in [2.24, 2.45) is 0 Å². The van der Waals surface area contributed by atoms with Gasteiger partial charge in [-0.05, 0) is 38.1 Å². The van der Waals surface area contributed by atoms with Gasteiger partial charge in [-0.2, -0.15) is 0 Å². The Bertz CT molecular complexity index is 667. The number of aromatic nitrogens is 1. The Hall–Kier alpha value is -2.28. The highest BCUT2D eigenvalue weighted by Gasteiger charge is 2.16. The van der Waals surface area contributed by atoms with Crippen LogP contribution in [-0.2, 0) is 9.59 Å². The van der Waals surface area contributed by atoms with Gasteiger partial charge in [0, 0.05) is 23.6 Å². The molecule has 0 aliphatic heterocycles. The summed E-state index contributed by atoms with van der Waals surface area (Å²) >= 11 is 1.42. The van der Waals surface area contributed by atoms with Gasteiger partial charge >= 0.3 is 0 Å². The van der Waals surface area contributed by atoms with Crippen molar-refractivity contribution in [1.82, 2.24) is 5.16 Å². The molecule has 2 aromatic rings. The average molecular weight is 319 g/mol. The molecule has 1 aromatic heterocycles. The largest absolute Gasteiger partial charge is 0.338 e. The molecule has 1 unspecified atom stereocenters. The molecule has 0 saturated heterocycles. The van der Waals surface area contributed by atoms with Crippen LogP contribution in [0.5, 0.6) is 0 Å². The van der Waals surface area contributed by atoms with E-state index in [1.54, 1.807) is 25.1 Å². The molecule has 116 valence electrons. The number of hydrogen-bond acceptors (Lipinski definition) is 5. The third kappa shape index (κ3) is 4.63. The molecule has 2 rings (SSSR count). The highest BCUT2D eigenvalue weighted by Crippen LogP contribution is 2.25. The molecule has 0 fully saturated rings. The van der Waals surface area contributed by atoms with Crippen LogP contribution >= 0.6 is 11.8 Å². The van der Waals surface area contributed by atoms with Crippen LogP contribution in [-0.4, -0.2) is 22.2 Å². The highest BCUT2D eigenvalue weighted by atomic mass is 32.2. The van der Waals surface area contributed by atoms with Crippen molar-refractivity contribution in [2.75, 3.05) is 10.6 Å². The summed E-state index contributed by atoms with van der Waals surface area (Å²) in [7, 11) is 0. The molecule has 1 aromatic carbocycles. The van der Waals surface area contributed by atoms with E-state index in [2.05, 4.69) is 15.8 Å². The number of aryl methyl sites for hydroxylation is 1. The van der Waals surface area contributed by atoms with E-state index < -0.39 is 0 Å². The number of rotatable bonds is 5. The summed E-state index contributed by atoms with van der Waals surface area (Å²) in [6.45, 7) is 5.05. The zero-order valence-electron chi connectivity index (χ0n) is 12.5. The number of carbonyl (C=O) groups excluding carboxylic acids is 2. The molecule has 0 aliphatic rings. The van der Waals surface area contributed by atoms with E-state index in [1.807, 2.05) is 19.1 Å². The molecule has 2 amide bonds. The van der Waals surface area contributed by atoms with Gasteiger partial charge in [-0.15, -0.1) is 11.8 Å².